The molecule has 0 aliphatic heterocycles. The van der Waals surface area contributed by atoms with Crippen molar-refractivity contribution in [3.63, 3.8) is 0 Å². The first-order chi connectivity index (χ1) is 7.72. The van der Waals surface area contributed by atoms with Crippen molar-refractivity contribution in [3.05, 3.63) is 33.8 Å². The third kappa shape index (κ3) is 2.29. The number of hydrogen-bond acceptors (Lipinski definition) is 2. The number of halogens is 1. The highest BCUT2D eigenvalue weighted by molar-refractivity contribution is 9.10. The molecule has 0 saturated heterocycles. The number of carbonyl (C=O) groups excluding carboxylic acids is 1. The zero-order chi connectivity index (χ0) is 11.5. The lowest BCUT2D eigenvalue weighted by Crippen LogP contribution is -2.08. The van der Waals surface area contributed by atoms with E-state index in [0.29, 0.717) is 5.92 Å². The smallest absolute Gasteiger partial charge is 0.338 e. The molecule has 86 valence electrons. The van der Waals surface area contributed by atoms with E-state index in [1.54, 1.807) is 0 Å². The Morgan fingerprint density at radius 1 is 1.38 bits per heavy atom. The van der Waals surface area contributed by atoms with Gasteiger partial charge in [0, 0.05) is 4.47 Å². The summed E-state index contributed by atoms with van der Waals surface area (Å²) >= 11 is 3.46. The fourth-order valence-corrected chi connectivity index (χ4v) is 2.78. The molecular weight excluding hydrogens is 268 g/mol. The lowest BCUT2D eigenvalue weighted by molar-refractivity contribution is 0.0599. The molecule has 1 fully saturated rings. The van der Waals surface area contributed by atoms with Crippen molar-refractivity contribution < 1.29 is 9.53 Å². The number of ether oxygens (including phenoxy) is 1. The van der Waals surface area contributed by atoms with Gasteiger partial charge < -0.3 is 4.74 Å². The van der Waals surface area contributed by atoms with Gasteiger partial charge in [-0.3, -0.25) is 0 Å². The number of hydrogen-bond donors (Lipinski definition) is 0. The predicted octanol–water partition coefficient (Wildman–Crippen LogP) is 3.89. The molecule has 1 saturated carbocycles. The van der Waals surface area contributed by atoms with Crippen LogP contribution in [0.4, 0.5) is 0 Å². The molecule has 0 unspecified atom stereocenters. The summed E-state index contributed by atoms with van der Waals surface area (Å²) in [6.45, 7) is 0. The fourth-order valence-electron chi connectivity index (χ4n) is 2.40. The normalized spacial score (nSPS) is 16.4. The SMILES string of the molecule is COC(=O)c1ccc(Br)cc1C1CCCC1. The van der Waals surface area contributed by atoms with Crippen LogP contribution in [0, 0.1) is 0 Å². The average molecular weight is 283 g/mol. The minimum absolute atomic E-state index is 0.227. The van der Waals surface area contributed by atoms with Crippen LogP contribution < -0.4 is 0 Å². The van der Waals surface area contributed by atoms with Crippen molar-refractivity contribution in [2.45, 2.75) is 31.6 Å². The first kappa shape index (κ1) is 11.6. The second kappa shape index (κ2) is 5.00. The standard InChI is InChI=1S/C13H15BrO2/c1-16-13(15)11-7-6-10(14)8-12(11)9-4-2-3-5-9/h6-9H,2-5H2,1H3. The van der Waals surface area contributed by atoms with Crippen molar-refractivity contribution in [3.8, 4) is 0 Å². The van der Waals surface area contributed by atoms with Crippen LogP contribution in [0.25, 0.3) is 0 Å². The Kier molecular flexibility index (Phi) is 3.64. The maximum absolute atomic E-state index is 11.7. The Morgan fingerprint density at radius 3 is 2.69 bits per heavy atom. The molecule has 2 rings (SSSR count). The second-order valence-corrected chi connectivity index (χ2v) is 5.12. The highest BCUT2D eigenvalue weighted by Gasteiger charge is 2.23. The van der Waals surface area contributed by atoms with E-state index in [1.165, 1.54) is 32.8 Å². The lowest BCUT2D eigenvalue weighted by Gasteiger charge is -2.14. The highest BCUT2D eigenvalue weighted by Crippen LogP contribution is 2.37. The molecule has 0 N–H and O–H groups in total. The number of rotatable bonds is 2. The van der Waals surface area contributed by atoms with E-state index in [1.807, 2.05) is 12.1 Å². The second-order valence-electron chi connectivity index (χ2n) is 4.20. The van der Waals surface area contributed by atoms with E-state index in [2.05, 4.69) is 22.0 Å². The zero-order valence-corrected chi connectivity index (χ0v) is 10.9. The van der Waals surface area contributed by atoms with Crippen molar-refractivity contribution >= 4 is 21.9 Å². The van der Waals surface area contributed by atoms with Crippen molar-refractivity contribution in [1.29, 1.82) is 0 Å². The Bertz CT molecular complexity index is 395. The Hall–Kier alpha value is -0.830. The van der Waals surface area contributed by atoms with Gasteiger partial charge in [-0.25, -0.2) is 4.79 Å². The Morgan fingerprint density at radius 2 is 2.06 bits per heavy atom. The van der Waals surface area contributed by atoms with Gasteiger partial charge in [-0.2, -0.15) is 0 Å². The summed E-state index contributed by atoms with van der Waals surface area (Å²) in [5.41, 5.74) is 1.86. The highest BCUT2D eigenvalue weighted by atomic mass is 79.9. The van der Waals surface area contributed by atoms with Crippen molar-refractivity contribution in [2.75, 3.05) is 7.11 Å². The van der Waals surface area contributed by atoms with Gasteiger partial charge >= 0.3 is 5.97 Å². The van der Waals surface area contributed by atoms with Gasteiger partial charge in [0.1, 0.15) is 0 Å². The van der Waals surface area contributed by atoms with Crippen LogP contribution >= 0.6 is 15.9 Å². The quantitative estimate of drug-likeness (QED) is 0.770. The predicted molar refractivity (Wildman–Crippen MR) is 66.7 cm³/mol. The van der Waals surface area contributed by atoms with E-state index >= 15 is 0 Å². The Balaban J connectivity index is 2.39. The summed E-state index contributed by atoms with van der Waals surface area (Å²) in [4.78, 5) is 11.7. The summed E-state index contributed by atoms with van der Waals surface area (Å²) < 4.78 is 5.85. The monoisotopic (exact) mass is 282 g/mol. The molecule has 0 heterocycles. The molecule has 0 amide bonds. The summed E-state index contributed by atoms with van der Waals surface area (Å²) in [5, 5.41) is 0. The maximum atomic E-state index is 11.7. The number of benzene rings is 1. The van der Waals surface area contributed by atoms with Gasteiger partial charge in [0.15, 0.2) is 0 Å². The third-order valence-electron chi connectivity index (χ3n) is 3.21. The van der Waals surface area contributed by atoms with Gasteiger partial charge in [-0.05, 0) is 42.5 Å². The van der Waals surface area contributed by atoms with Crippen LogP contribution in [0.15, 0.2) is 22.7 Å². The summed E-state index contributed by atoms with van der Waals surface area (Å²) in [5.74, 6) is 0.293. The molecular formula is C13H15BrO2. The molecule has 0 spiro atoms. The maximum Gasteiger partial charge on any atom is 0.338 e. The number of carbonyl (C=O) groups is 1. The van der Waals surface area contributed by atoms with Gasteiger partial charge in [-0.1, -0.05) is 28.8 Å². The van der Waals surface area contributed by atoms with Crippen LogP contribution in [-0.2, 0) is 4.74 Å². The molecule has 16 heavy (non-hydrogen) atoms. The summed E-state index contributed by atoms with van der Waals surface area (Å²) in [6, 6.07) is 5.80. The summed E-state index contributed by atoms with van der Waals surface area (Å²) in [6.07, 6.45) is 4.89. The average Bonchev–Trinajstić information content (AvgIpc) is 2.81. The van der Waals surface area contributed by atoms with Crippen molar-refractivity contribution in [1.82, 2.24) is 0 Å². The largest absolute Gasteiger partial charge is 0.465 e. The van der Waals surface area contributed by atoms with Gasteiger partial charge in [0.25, 0.3) is 0 Å². The minimum atomic E-state index is -0.227. The first-order valence-electron chi connectivity index (χ1n) is 5.60. The summed E-state index contributed by atoms with van der Waals surface area (Å²) in [7, 11) is 1.43. The topological polar surface area (TPSA) is 26.3 Å². The molecule has 1 aromatic rings. The first-order valence-corrected chi connectivity index (χ1v) is 6.39. The molecule has 0 aromatic heterocycles. The number of methoxy groups -OCH3 is 1. The van der Waals surface area contributed by atoms with Crippen LogP contribution in [0.5, 0.6) is 0 Å². The van der Waals surface area contributed by atoms with Crippen LogP contribution in [-0.4, -0.2) is 13.1 Å². The van der Waals surface area contributed by atoms with E-state index in [9.17, 15) is 4.79 Å². The zero-order valence-electron chi connectivity index (χ0n) is 9.33. The molecule has 0 radical (unpaired) electrons. The Labute approximate surface area is 104 Å². The van der Waals surface area contributed by atoms with Crippen LogP contribution in [0.3, 0.4) is 0 Å². The molecule has 0 bridgehead atoms. The number of esters is 1. The molecule has 1 aliphatic rings. The fraction of sp³-hybridized carbons (Fsp3) is 0.462. The van der Waals surface area contributed by atoms with Crippen LogP contribution in [0.2, 0.25) is 0 Å². The van der Waals surface area contributed by atoms with Crippen LogP contribution in [0.1, 0.15) is 47.5 Å². The van der Waals surface area contributed by atoms with E-state index < -0.39 is 0 Å². The van der Waals surface area contributed by atoms with Crippen molar-refractivity contribution in [2.24, 2.45) is 0 Å². The molecule has 0 atom stereocenters. The third-order valence-corrected chi connectivity index (χ3v) is 3.71. The van der Waals surface area contributed by atoms with E-state index in [-0.39, 0.29) is 5.97 Å². The molecule has 2 nitrogen and oxygen atoms in total. The van der Waals surface area contributed by atoms with E-state index in [0.717, 1.165) is 15.6 Å². The molecule has 1 aromatic carbocycles. The van der Waals surface area contributed by atoms with Gasteiger partial charge in [0.05, 0.1) is 12.7 Å². The minimum Gasteiger partial charge on any atom is -0.465 e. The molecule has 3 heteroatoms. The van der Waals surface area contributed by atoms with Gasteiger partial charge in [-0.15, -0.1) is 0 Å². The lowest BCUT2D eigenvalue weighted by atomic mass is 9.93. The van der Waals surface area contributed by atoms with E-state index in [4.69, 9.17) is 4.74 Å². The molecule has 1 aliphatic carbocycles. The van der Waals surface area contributed by atoms with Gasteiger partial charge in [0.2, 0.25) is 0 Å².